The molecule has 1 heterocycles. The number of aliphatic hydroxyl groups excluding tert-OH is 1. The van der Waals surface area contributed by atoms with E-state index in [2.05, 4.69) is 0 Å². The lowest BCUT2D eigenvalue weighted by molar-refractivity contribution is 0.0889. The van der Waals surface area contributed by atoms with Crippen molar-refractivity contribution in [2.45, 2.75) is 26.8 Å². The van der Waals surface area contributed by atoms with E-state index < -0.39 is 0 Å². The first kappa shape index (κ1) is 13.9. The number of hydrogen-bond donors (Lipinski definition) is 1. The van der Waals surface area contributed by atoms with Gasteiger partial charge < -0.3 is 9.67 Å². The van der Waals surface area contributed by atoms with E-state index in [0.717, 1.165) is 17.0 Å². The third-order valence-electron chi connectivity index (χ3n) is 3.49. The maximum atomic E-state index is 12.1. The van der Waals surface area contributed by atoms with Gasteiger partial charge in [0.05, 0.1) is 13.2 Å². The van der Waals surface area contributed by atoms with Crippen LogP contribution in [0.5, 0.6) is 0 Å². The van der Waals surface area contributed by atoms with E-state index in [-0.39, 0.29) is 18.4 Å². The first-order valence-electron chi connectivity index (χ1n) is 5.85. The minimum atomic E-state index is 0.00376. The molecule has 0 aliphatic heterocycles. The predicted molar refractivity (Wildman–Crippen MR) is 68.4 cm³/mol. The van der Waals surface area contributed by atoms with Crippen LogP contribution in [0.3, 0.4) is 0 Å². The third kappa shape index (κ3) is 2.96. The Kier molecular flexibility index (Phi) is 4.48. The number of aliphatic hydroxyl groups is 1. The van der Waals surface area contributed by atoms with Crippen LogP contribution in [0.15, 0.2) is 6.07 Å². The van der Waals surface area contributed by atoms with Crippen LogP contribution in [0.1, 0.15) is 28.7 Å². The number of aryl methyl sites for hydroxylation is 1. The van der Waals surface area contributed by atoms with E-state index in [4.69, 9.17) is 5.11 Å². The number of likely N-dealkylation sites (N-methyl/N-ethyl adjacent to an activating group) is 1. The first-order chi connectivity index (χ1) is 7.88. The van der Waals surface area contributed by atoms with Crippen LogP contribution < -0.4 is 0 Å². The van der Waals surface area contributed by atoms with Gasteiger partial charge in [-0.1, -0.05) is 0 Å². The zero-order chi connectivity index (χ0) is 13.2. The number of hydrogen-bond acceptors (Lipinski definition) is 3. The number of ketones is 1. The lowest BCUT2D eigenvalue weighted by Gasteiger charge is -2.21. The standard InChI is InChI=1S/C13H22N2O2/c1-9-6-12(11(3)15(9)5)13(17)7-14(4)10(2)8-16/h6,10,16H,7-8H2,1-5H3. The molecule has 0 radical (unpaired) electrons. The Bertz CT molecular complexity index is 410. The topological polar surface area (TPSA) is 45.5 Å². The second-order valence-electron chi connectivity index (χ2n) is 4.71. The molecule has 1 aromatic heterocycles. The molecule has 0 aromatic carbocycles. The van der Waals surface area contributed by atoms with Gasteiger partial charge in [-0.05, 0) is 33.9 Å². The molecule has 0 aliphatic carbocycles. The van der Waals surface area contributed by atoms with Gasteiger partial charge in [0.15, 0.2) is 5.78 Å². The van der Waals surface area contributed by atoms with Crippen molar-refractivity contribution in [3.8, 4) is 0 Å². The van der Waals surface area contributed by atoms with Crippen molar-refractivity contribution in [3.63, 3.8) is 0 Å². The molecule has 0 amide bonds. The normalized spacial score (nSPS) is 13.1. The molecule has 0 fully saturated rings. The molecule has 0 spiro atoms. The fourth-order valence-corrected chi connectivity index (χ4v) is 1.74. The van der Waals surface area contributed by atoms with Gasteiger partial charge >= 0.3 is 0 Å². The van der Waals surface area contributed by atoms with Crippen molar-refractivity contribution in [2.75, 3.05) is 20.2 Å². The van der Waals surface area contributed by atoms with E-state index in [1.807, 2.05) is 50.4 Å². The van der Waals surface area contributed by atoms with E-state index in [1.165, 1.54) is 0 Å². The lowest BCUT2D eigenvalue weighted by atomic mass is 10.1. The summed E-state index contributed by atoms with van der Waals surface area (Å²) in [6.45, 7) is 6.25. The molecule has 1 rings (SSSR count). The van der Waals surface area contributed by atoms with Crippen molar-refractivity contribution in [1.82, 2.24) is 9.47 Å². The minimum Gasteiger partial charge on any atom is -0.395 e. The molecule has 1 aromatic rings. The first-order valence-corrected chi connectivity index (χ1v) is 5.85. The average Bonchev–Trinajstić information content (AvgIpc) is 2.55. The summed E-state index contributed by atoms with van der Waals surface area (Å²) in [7, 11) is 3.81. The maximum Gasteiger partial charge on any atom is 0.178 e. The van der Waals surface area contributed by atoms with E-state index in [0.29, 0.717) is 6.54 Å². The Morgan fingerprint density at radius 2 is 2.12 bits per heavy atom. The molecule has 96 valence electrons. The minimum absolute atomic E-state index is 0.00376. The largest absolute Gasteiger partial charge is 0.395 e. The zero-order valence-corrected chi connectivity index (χ0v) is 11.3. The summed E-state index contributed by atoms with van der Waals surface area (Å²) in [6.07, 6.45) is 0. The van der Waals surface area contributed by atoms with E-state index in [9.17, 15) is 4.79 Å². The SMILES string of the molecule is Cc1cc(C(=O)CN(C)C(C)CO)c(C)n1C. The summed E-state index contributed by atoms with van der Waals surface area (Å²) in [4.78, 5) is 14.0. The zero-order valence-electron chi connectivity index (χ0n) is 11.3. The summed E-state index contributed by atoms with van der Waals surface area (Å²) in [5.74, 6) is 0.106. The van der Waals surface area contributed by atoms with Gasteiger partial charge in [-0.25, -0.2) is 0 Å². The van der Waals surface area contributed by atoms with Crippen LogP contribution in [-0.4, -0.2) is 46.6 Å². The molecule has 1 N–H and O–H groups in total. The molecule has 0 aliphatic rings. The molecule has 1 unspecified atom stereocenters. The monoisotopic (exact) mass is 238 g/mol. The average molecular weight is 238 g/mol. The third-order valence-corrected chi connectivity index (χ3v) is 3.49. The van der Waals surface area contributed by atoms with Crippen LogP contribution in [0.4, 0.5) is 0 Å². The summed E-state index contributed by atoms with van der Waals surface area (Å²) < 4.78 is 2.02. The smallest absolute Gasteiger partial charge is 0.178 e. The summed E-state index contributed by atoms with van der Waals surface area (Å²) in [5, 5.41) is 9.03. The predicted octanol–water partition coefficient (Wildman–Crippen LogP) is 1.14. The van der Waals surface area contributed by atoms with Crippen LogP contribution in [0, 0.1) is 13.8 Å². The second-order valence-corrected chi connectivity index (χ2v) is 4.71. The molecule has 0 saturated heterocycles. The van der Waals surface area contributed by atoms with Crippen molar-refractivity contribution < 1.29 is 9.90 Å². The van der Waals surface area contributed by atoms with Gasteiger partial charge in [0.2, 0.25) is 0 Å². The van der Waals surface area contributed by atoms with Crippen molar-refractivity contribution in [3.05, 3.63) is 23.0 Å². The van der Waals surface area contributed by atoms with Crippen molar-refractivity contribution in [2.24, 2.45) is 7.05 Å². The Hall–Kier alpha value is -1.13. The van der Waals surface area contributed by atoms with Crippen molar-refractivity contribution in [1.29, 1.82) is 0 Å². The summed E-state index contributed by atoms with van der Waals surface area (Å²) in [6, 6.07) is 1.93. The number of carbonyl (C=O) groups is 1. The van der Waals surface area contributed by atoms with Crippen LogP contribution in [-0.2, 0) is 7.05 Å². The Morgan fingerprint density at radius 3 is 2.53 bits per heavy atom. The van der Waals surface area contributed by atoms with Gasteiger partial charge in [0.25, 0.3) is 0 Å². The lowest BCUT2D eigenvalue weighted by Crippen LogP contribution is -2.36. The highest BCUT2D eigenvalue weighted by Crippen LogP contribution is 2.14. The molecule has 17 heavy (non-hydrogen) atoms. The van der Waals surface area contributed by atoms with E-state index in [1.54, 1.807) is 0 Å². The Morgan fingerprint density at radius 1 is 1.53 bits per heavy atom. The fraction of sp³-hybridized carbons (Fsp3) is 0.615. The molecule has 0 saturated carbocycles. The molecular formula is C13H22N2O2. The van der Waals surface area contributed by atoms with Crippen LogP contribution in [0.2, 0.25) is 0 Å². The number of aromatic nitrogens is 1. The van der Waals surface area contributed by atoms with Crippen LogP contribution in [0.25, 0.3) is 0 Å². The molecule has 1 atom stereocenters. The Labute approximate surface area is 103 Å². The molecule has 4 heteroatoms. The van der Waals surface area contributed by atoms with Gasteiger partial charge in [-0.3, -0.25) is 9.69 Å². The van der Waals surface area contributed by atoms with Gasteiger partial charge in [-0.2, -0.15) is 0 Å². The number of nitrogens with zero attached hydrogens (tertiary/aromatic N) is 2. The maximum absolute atomic E-state index is 12.1. The van der Waals surface area contributed by atoms with Crippen LogP contribution >= 0.6 is 0 Å². The Balaban J connectivity index is 2.80. The van der Waals surface area contributed by atoms with E-state index >= 15 is 0 Å². The highest BCUT2D eigenvalue weighted by Gasteiger charge is 2.17. The van der Waals surface area contributed by atoms with Crippen molar-refractivity contribution >= 4 is 5.78 Å². The van der Waals surface area contributed by atoms with Gasteiger partial charge in [-0.15, -0.1) is 0 Å². The number of carbonyl (C=O) groups excluding carboxylic acids is 1. The molecular weight excluding hydrogens is 216 g/mol. The number of Topliss-reactive ketones (excluding diaryl/α,β-unsaturated/α-hetero) is 1. The molecule has 4 nitrogen and oxygen atoms in total. The summed E-state index contributed by atoms with van der Waals surface area (Å²) in [5.41, 5.74) is 2.86. The van der Waals surface area contributed by atoms with Gasteiger partial charge in [0.1, 0.15) is 0 Å². The molecule has 0 bridgehead atoms. The second kappa shape index (κ2) is 5.47. The highest BCUT2D eigenvalue weighted by atomic mass is 16.3. The van der Waals surface area contributed by atoms with Gasteiger partial charge in [0, 0.05) is 30.0 Å². The quantitative estimate of drug-likeness (QED) is 0.782. The number of rotatable bonds is 5. The fourth-order valence-electron chi connectivity index (χ4n) is 1.74. The highest BCUT2D eigenvalue weighted by molar-refractivity contribution is 5.99. The summed E-state index contributed by atoms with van der Waals surface area (Å²) >= 11 is 0.